The molecule has 0 atom stereocenters. The molecule has 2 aromatic carbocycles. The van der Waals surface area contributed by atoms with Gasteiger partial charge in [0.15, 0.2) is 0 Å². The summed E-state index contributed by atoms with van der Waals surface area (Å²) >= 11 is 5.77. The Labute approximate surface area is 166 Å². The maximum Gasteiger partial charge on any atom is 0.288 e. The van der Waals surface area contributed by atoms with Crippen LogP contribution in [0.3, 0.4) is 0 Å². The molecule has 2 rings (SSSR count). The predicted molar refractivity (Wildman–Crippen MR) is 107 cm³/mol. The minimum Gasteiger partial charge on any atom is -0.495 e. The molecule has 146 valence electrons. The summed E-state index contributed by atoms with van der Waals surface area (Å²) < 4.78 is 5.21. The number of nitro benzene ring substituents is 1. The molecule has 0 aliphatic heterocycles. The van der Waals surface area contributed by atoms with Crippen LogP contribution in [-0.2, 0) is 4.79 Å². The average molecular weight is 404 g/mol. The topological polar surface area (TPSA) is 102 Å². The minimum absolute atomic E-state index is 0.0127. The number of methoxy groups -OCH3 is 1. The van der Waals surface area contributed by atoms with E-state index >= 15 is 0 Å². The van der Waals surface area contributed by atoms with Crippen LogP contribution in [0.5, 0.6) is 5.75 Å². The highest BCUT2D eigenvalue weighted by Gasteiger charge is 2.14. The number of amides is 2. The highest BCUT2D eigenvalue weighted by molar-refractivity contribution is 6.32. The van der Waals surface area contributed by atoms with Crippen LogP contribution in [0.25, 0.3) is 6.08 Å². The third kappa shape index (κ3) is 5.08. The molecule has 0 saturated heterocycles. The second kappa shape index (κ2) is 9.01. The molecule has 0 radical (unpaired) electrons. The number of hydrogen-bond acceptors (Lipinski definition) is 5. The molecule has 0 bridgehead atoms. The molecule has 0 unspecified atom stereocenters. The van der Waals surface area contributed by atoms with E-state index in [1.807, 2.05) is 0 Å². The third-order valence-electron chi connectivity index (χ3n) is 3.70. The van der Waals surface area contributed by atoms with Crippen molar-refractivity contribution >= 4 is 40.9 Å². The average Bonchev–Trinajstić information content (AvgIpc) is 2.66. The molecule has 0 aliphatic rings. The Bertz CT molecular complexity index is 957. The maximum absolute atomic E-state index is 12.2. The summed E-state index contributed by atoms with van der Waals surface area (Å²) in [6.07, 6.45) is 2.63. The summed E-state index contributed by atoms with van der Waals surface area (Å²) in [5.41, 5.74) is 0.904. The Morgan fingerprint density at radius 2 is 1.93 bits per heavy atom. The Morgan fingerprint density at radius 1 is 1.21 bits per heavy atom. The number of anilines is 1. The second-order valence-electron chi connectivity index (χ2n) is 5.91. The number of benzene rings is 2. The molecule has 0 saturated carbocycles. The van der Waals surface area contributed by atoms with Crippen LogP contribution >= 0.6 is 11.6 Å². The molecule has 2 aromatic rings. The number of hydrogen-bond donors (Lipinski definition) is 1. The molecule has 0 fully saturated rings. The van der Waals surface area contributed by atoms with Gasteiger partial charge in [0.2, 0.25) is 5.91 Å². The van der Waals surface area contributed by atoms with E-state index in [4.69, 9.17) is 16.3 Å². The zero-order valence-electron chi connectivity index (χ0n) is 15.4. The summed E-state index contributed by atoms with van der Waals surface area (Å²) in [6.45, 7) is 0. The number of rotatable bonds is 6. The van der Waals surface area contributed by atoms with E-state index in [9.17, 15) is 19.7 Å². The van der Waals surface area contributed by atoms with Gasteiger partial charge in [-0.25, -0.2) is 0 Å². The van der Waals surface area contributed by atoms with Crippen molar-refractivity contribution in [1.29, 1.82) is 0 Å². The molecule has 8 nitrogen and oxygen atoms in total. The fraction of sp³-hybridized carbons (Fsp3) is 0.158. The lowest BCUT2D eigenvalue weighted by atomic mass is 10.1. The van der Waals surface area contributed by atoms with Crippen LogP contribution in [0, 0.1) is 10.1 Å². The molecule has 0 heterocycles. The highest BCUT2D eigenvalue weighted by atomic mass is 35.5. The van der Waals surface area contributed by atoms with E-state index < -0.39 is 10.8 Å². The number of ether oxygens (including phenoxy) is 1. The van der Waals surface area contributed by atoms with Gasteiger partial charge in [-0.05, 0) is 35.9 Å². The van der Waals surface area contributed by atoms with Gasteiger partial charge in [-0.3, -0.25) is 19.7 Å². The van der Waals surface area contributed by atoms with E-state index in [0.29, 0.717) is 22.6 Å². The highest BCUT2D eigenvalue weighted by Crippen LogP contribution is 2.27. The predicted octanol–water partition coefficient (Wildman–Crippen LogP) is 3.61. The molecule has 0 aliphatic carbocycles. The fourth-order valence-electron chi connectivity index (χ4n) is 2.32. The number of carbonyl (C=O) groups excluding carboxylic acids is 2. The van der Waals surface area contributed by atoms with Gasteiger partial charge < -0.3 is 15.0 Å². The zero-order valence-corrected chi connectivity index (χ0v) is 16.2. The summed E-state index contributed by atoms with van der Waals surface area (Å²) in [4.78, 5) is 36.1. The van der Waals surface area contributed by atoms with Gasteiger partial charge in [0, 0.05) is 31.8 Å². The van der Waals surface area contributed by atoms with Crippen LogP contribution in [-0.4, -0.2) is 42.8 Å². The number of nitrogens with one attached hydrogen (secondary N) is 1. The van der Waals surface area contributed by atoms with E-state index in [2.05, 4.69) is 5.32 Å². The van der Waals surface area contributed by atoms with Crippen molar-refractivity contribution in [3.8, 4) is 5.75 Å². The first kappa shape index (κ1) is 20.9. The number of nitro groups is 1. The summed E-state index contributed by atoms with van der Waals surface area (Å²) in [5, 5.41) is 13.6. The first-order valence-electron chi connectivity index (χ1n) is 8.05. The zero-order chi connectivity index (χ0) is 20.8. The Kier molecular flexibility index (Phi) is 6.73. The van der Waals surface area contributed by atoms with Crippen LogP contribution in [0.4, 0.5) is 11.4 Å². The van der Waals surface area contributed by atoms with E-state index in [1.54, 1.807) is 32.3 Å². The lowest BCUT2D eigenvalue weighted by molar-refractivity contribution is -0.384. The fourth-order valence-corrected chi connectivity index (χ4v) is 2.50. The van der Waals surface area contributed by atoms with E-state index in [0.717, 1.165) is 0 Å². The second-order valence-corrected chi connectivity index (χ2v) is 6.31. The lowest BCUT2D eigenvalue weighted by Gasteiger charge is -2.14. The van der Waals surface area contributed by atoms with Crippen molar-refractivity contribution in [1.82, 2.24) is 4.90 Å². The van der Waals surface area contributed by atoms with Crippen molar-refractivity contribution < 1.29 is 19.2 Å². The maximum atomic E-state index is 12.2. The normalized spacial score (nSPS) is 10.6. The largest absolute Gasteiger partial charge is 0.495 e. The molecule has 2 amide bonds. The summed E-state index contributed by atoms with van der Waals surface area (Å²) in [5.74, 6) is -0.327. The van der Waals surface area contributed by atoms with E-state index in [-0.39, 0.29) is 16.6 Å². The number of carbonyl (C=O) groups is 2. The molecular formula is C19H18ClN3O5. The quantitative estimate of drug-likeness (QED) is 0.451. The van der Waals surface area contributed by atoms with Gasteiger partial charge in [0.1, 0.15) is 10.8 Å². The van der Waals surface area contributed by atoms with Crippen LogP contribution in [0.15, 0.2) is 42.5 Å². The van der Waals surface area contributed by atoms with Gasteiger partial charge >= 0.3 is 0 Å². The monoisotopic (exact) mass is 403 g/mol. The molecule has 9 heteroatoms. The number of nitrogens with zero attached hydrogens (tertiary/aromatic N) is 2. The number of halogens is 1. The smallest absolute Gasteiger partial charge is 0.288 e. The molecule has 0 spiro atoms. The molecular weight excluding hydrogens is 386 g/mol. The standard InChI is InChI=1S/C19H18ClN3O5/c1-22(2)19(25)13-6-8-17(28-3)15(11-13)21-18(24)9-5-12-4-7-14(20)16(10-12)23(26)27/h4-11H,1-3H3,(H,21,24)/b9-5+. The Balaban J connectivity index is 2.21. The SMILES string of the molecule is COc1ccc(C(=O)N(C)C)cc1NC(=O)/C=C/c1ccc(Cl)c([N+](=O)[O-])c1. The first-order valence-corrected chi connectivity index (χ1v) is 8.43. The summed E-state index contributed by atoms with van der Waals surface area (Å²) in [7, 11) is 4.69. The van der Waals surface area contributed by atoms with Crippen molar-refractivity contribution in [2.75, 3.05) is 26.5 Å². The van der Waals surface area contributed by atoms with Crippen molar-refractivity contribution in [3.63, 3.8) is 0 Å². The molecule has 0 aromatic heterocycles. The summed E-state index contributed by atoms with van der Waals surface area (Å²) in [6, 6.07) is 8.90. The Morgan fingerprint density at radius 3 is 2.54 bits per heavy atom. The van der Waals surface area contributed by atoms with Gasteiger partial charge in [-0.2, -0.15) is 0 Å². The van der Waals surface area contributed by atoms with Crippen LogP contribution in [0.2, 0.25) is 5.02 Å². The van der Waals surface area contributed by atoms with Gasteiger partial charge in [-0.1, -0.05) is 17.7 Å². The van der Waals surface area contributed by atoms with Crippen molar-refractivity contribution in [2.45, 2.75) is 0 Å². The van der Waals surface area contributed by atoms with Gasteiger partial charge in [0.25, 0.3) is 11.6 Å². The van der Waals surface area contributed by atoms with Gasteiger partial charge in [0.05, 0.1) is 17.7 Å². The van der Waals surface area contributed by atoms with Gasteiger partial charge in [-0.15, -0.1) is 0 Å². The lowest BCUT2D eigenvalue weighted by Crippen LogP contribution is -2.22. The van der Waals surface area contributed by atoms with Crippen LogP contribution in [0.1, 0.15) is 15.9 Å². The van der Waals surface area contributed by atoms with Crippen LogP contribution < -0.4 is 10.1 Å². The molecule has 1 N–H and O–H groups in total. The van der Waals surface area contributed by atoms with Crippen molar-refractivity contribution in [3.05, 3.63) is 68.7 Å². The molecule has 28 heavy (non-hydrogen) atoms. The first-order chi connectivity index (χ1) is 13.2. The van der Waals surface area contributed by atoms with E-state index in [1.165, 1.54) is 42.4 Å². The minimum atomic E-state index is -0.599. The Hall–Kier alpha value is -3.39. The third-order valence-corrected chi connectivity index (χ3v) is 4.02. The van der Waals surface area contributed by atoms with Crippen molar-refractivity contribution in [2.24, 2.45) is 0 Å².